The van der Waals surface area contributed by atoms with Crippen molar-refractivity contribution in [2.75, 3.05) is 13.1 Å². The number of furan rings is 1. The minimum Gasteiger partial charge on any atom is -0.461 e. The van der Waals surface area contributed by atoms with Crippen LogP contribution in [0, 0.1) is 0 Å². The number of nitrogens with zero attached hydrogens (tertiary/aromatic N) is 3. The molecule has 3 heterocycles. The summed E-state index contributed by atoms with van der Waals surface area (Å²) in [5.74, 6) is 1.55. The van der Waals surface area contributed by atoms with Gasteiger partial charge in [-0.1, -0.05) is 5.16 Å². The molecule has 2 aromatic heterocycles. The van der Waals surface area contributed by atoms with Gasteiger partial charge in [-0.2, -0.15) is 4.98 Å². The number of piperidine rings is 1. The molecule has 0 spiro atoms. The van der Waals surface area contributed by atoms with Gasteiger partial charge in [-0.05, 0) is 45.7 Å². The zero-order chi connectivity index (χ0) is 16.4. The second kappa shape index (κ2) is 6.06. The predicted octanol–water partition coefficient (Wildman–Crippen LogP) is 3.44. The Balaban J connectivity index is 1.68. The highest BCUT2D eigenvalue weighted by molar-refractivity contribution is 5.68. The highest BCUT2D eigenvalue weighted by Gasteiger charge is 2.31. The van der Waals surface area contributed by atoms with Crippen molar-refractivity contribution in [2.45, 2.75) is 45.1 Å². The van der Waals surface area contributed by atoms with Crippen molar-refractivity contribution in [3.63, 3.8) is 0 Å². The van der Waals surface area contributed by atoms with Crippen LogP contribution in [-0.2, 0) is 4.74 Å². The summed E-state index contributed by atoms with van der Waals surface area (Å²) in [5.41, 5.74) is -0.499. The molecule has 2 aromatic rings. The third-order valence-corrected chi connectivity index (χ3v) is 3.61. The Morgan fingerprint density at radius 2 is 2.26 bits per heavy atom. The average Bonchev–Trinajstić information content (AvgIpc) is 3.17. The van der Waals surface area contributed by atoms with E-state index >= 15 is 0 Å². The first-order valence-corrected chi connectivity index (χ1v) is 7.78. The van der Waals surface area contributed by atoms with E-state index in [1.54, 1.807) is 23.3 Å². The number of hydrogen-bond donors (Lipinski definition) is 0. The van der Waals surface area contributed by atoms with Gasteiger partial charge in [-0.15, -0.1) is 0 Å². The van der Waals surface area contributed by atoms with Gasteiger partial charge in [0.05, 0.1) is 12.2 Å². The SMILES string of the molecule is CC(C)(C)OC(=O)N1CCCC(c2nc(-c3ccco3)no2)C1. The van der Waals surface area contributed by atoms with Gasteiger partial charge in [0.25, 0.3) is 0 Å². The normalized spacial score (nSPS) is 18.9. The summed E-state index contributed by atoms with van der Waals surface area (Å²) >= 11 is 0. The summed E-state index contributed by atoms with van der Waals surface area (Å²) in [4.78, 5) is 18.3. The maximum Gasteiger partial charge on any atom is 0.410 e. The number of aromatic nitrogens is 2. The van der Waals surface area contributed by atoms with Gasteiger partial charge >= 0.3 is 6.09 Å². The van der Waals surface area contributed by atoms with Gasteiger partial charge < -0.3 is 18.6 Å². The van der Waals surface area contributed by atoms with Crippen molar-refractivity contribution in [3.05, 3.63) is 24.3 Å². The van der Waals surface area contributed by atoms with E-state index in [-0.39, 0.29) is 12.0 Å². The molecule has 0 aliphatic carbocycles. The molecule has 0 N–H and O–H groups in total. The van der Waals surface area contributed by atoms with Crippen molar-refractivity contribution in [1.29, 1.82) is 0 Å². The molecule has 3 rings (SSSR count). The molecule has 23 heavy (non-hydrogen) atoms. The van der Waals surface area contributed by atoms with Crippen LogP contribution in [-0.4, -0.2) is 39.8 Å². The first kappa shape index (κ1) is 15.6. The van der Waals surface area contributed by atoms with E-state index in [1.165, 1.54) is 0 Å². The van der Waals surface area contributed by atoms with Crippen LogP contribution in [0.2, 0.25) is 0 Å². The van der Waals surface area contributed by atoms with Gasteiger partial charge in [0, 0.05) is 13.1 Å². The van der Waals surface area contributed by atoms with Crippen LogP contribution in [0.25, 0.3) is 11.6 Å². The summed E-state index contributed by atoms with van der Waals surface area (Å²) in [6.07, 6.45) is 3.05. The van der Waals surface area contributed by atoms with Crippen molar-refractivity contribution >= 4 is 6.09 Å². The Bertz CT molecular complexity index is 657. The fourth-order valence-corrected chi connectivity index (χ4v) is 2.58. The second-order valence-corrected chi connectivity index (χ2v) is 6.70. The Hall–Kier alpha value is -2.31. The van der Waals surface area contributed by atoms with Crippen LogP contribution in [0.1, 0.15) is 45.4 Å². The van der Waals surface area contributed by atoms with E-state index in [1.807, 2.05) is 20.8 Å². The van der Waals surface area contributed by atoms with E-state index in [2.05, 4.69) is 10.1 Å². The predicted molar refractivity (Wildman–Crippen MR) is 81.8 cm³/mol. The Morgan fingerprint density at radius 3 is 2.96 bits per heavy atom. The molecular formula is C16H21N3O4. The zero-order valence-corrected chi connectivity index (χ0v) is 13.6. The van der Waals surface area contributed by atoms with Crippen molar-refractivity contribution in [2.24, 2.45) is 0 Å². The molecular weight excluding hydrogens is 298 g/mol. The fourth-order valence-electron chi connectivity index (χ4n) is 2.58. The molecule has 1 aliphatic rings. The van der Waals surface area contributed by atoms with E-state index in [4.69, 9.17) is 13.7 Å². The van der Waals surface area contributed by atoms with Crippen molar-refractivity contribution in [1.82, 2.24) is 15.0 Å². The number of likely N-dealkylation sites (tertiary alicyclic amines) is 1. The summed E-state index contributed by atoms with van der Waals surface area (Å²) in [7, 11) is 0. The number of amides is 1. The topological polar surface area (TPSA) is 81.6 Å². The lowest BCUT2D eigenvalue weighted by Gasteiger charge is -2.32. The largest absolute Gasteiger partial charge is 0.461 e. The summed E-state index contributed by atoms with van der Waals surface area (Å²) < 4.78 is 16.1. The molecule has 0 bridgehead atoms. The minimum atomic E-state index is -0.499. The summed E-state index contributed by atoms with van der Waals surface area (Å²) in [6, 6.07) is 3.55. The summed E-state index contributed by atoms with van der Waals surface area (Å²) in [6.45, 7) is 6.79. The van der Waals surface area contributed by atoms with Gasteiger partial charge in [0.15, 0.2) is 5.76 Å². The monoisotopic (exact) mass is 319 g/mol. The second-order valence-electron chi connectivity index (χ2n) is 6.70. The molecule has 1 amide bonds. The molecule has 7 nitrogen and oxygen atoms in total. The number of carbonyl (C=O) groups excluding carboxylic acids is 1. The molecule has 7 heteroatoms. The molecule has 1 saturated heterocycles. The molecule has 1 aliphatic heterocycles. The first-order chi connectivity index (χ1) is 10.9. The Kier molecular flexibility index (Phi) is 4.11. The Morgan fingerprint density at radius 1 is 1.43 bits per heavy atom. The van der Waals surface area contributed by atoms with E-state index < -0.39 is 5.60 Å². The molecule has 0 saturated carbocycles. The number of ether oxygens (including phenoxy) is 1. The van der Waals surface area contributed by atoms with Crippen LogP contribution >= 0.6 is 0 Å². The molecule has 1 atom stereocenters. The third kappa shape index (κ3) is 3.72. The minimum absolute atomic E-state index is 0.0208. The maximum atomic E-state index is 12.2. The molecule has 124 valence electrons. The lowest BCUT2D eigenvalue weighted by Crippen LogP contribution is -2.42. The van der Waals surface area contributed by atoms with Gasteiger partial charge in [-0.25, -0.2) is 4.79 Å². The van der Waals surface area contributed by atoms with Crippen molar-refractivity contribution < 1.29 is 18.5 Å². The van der Waals surface area contributed by atoms with Crippen LogP contribution in [0.5, 0.6) is 0 Å². The van der Waals surface area contributed by atoms with Crippen LogP contribution in [0.15, 0.2) is 27.3 Å². The molecule has 1 unspecified atom stereocenters. The van der Waals surface area contributed by atoms with Crippen LogP contribution in [0.3, 0.4) is 0 Å². The number of rotatable bonds is 2. The highest BCUT2D eigenvalue weighted by Crippen LogP contribution is 2.28. The lowest BCUT2D eigenvalue weighted by molar-refractivity contribution is 0.0189. The molecule has 0 aromatic carbocycles. The quantitative estimate of drug-likeness (QED) is 0.843. The van der Waals surface area contributed by atoms with E-state index in [0.717, 1.165) is 12.8 Å². The van der Waals surface area contributed by atoms with Crippen LogP contribution < -0.4 is 0 Å². The first-order valence-electron chi connectivity index (χ1n) is 7.78. The summed E-state index contributed by atoms with van der Waals surface area (Å²) in [5, 5.41) is 3.95. The average molecular weight is 319 g/mol. The number of hydrogen-bond acceptors (Lipinski definition) is 6. The maximum absolute atomic E-state index is 12.2. The highest BCUT2D eigenvalue weighted by atomic mass is 16.6. The standard InChI is InChI=1S/C16H21N3O4/c1-16(2,3)22-15(20)19-8-4-6-11(10-19)14-17-13(18-23-14)12-7-5-9-21-12/h5,7,9,11H,4,6,8,10H2,1-3H3. The van der Waals surface area contributed by atoms with Crippen molar-refractivity contribution in [3.8, 4) is 11.6 Å². The van der Waals surface area contributed by atoms with E-state index in [0.29, 0.717) is 30.6 Å². The van der Waals surface area contributed by atoms with Gasteiger partial charge in [-0.3, -0.25) is 0 Å². The smallest absolute Gasteiger partial charge is 0.410 e. The van der Waals surface area contributed by atoms with E-state index in [9.17, 15) is 4.79 Å². The zero-order valence-electron chi connectivity index (χ0n) is 13.6. The Labute approximate surface area is 134 Å². The third-order valence-electron chi connectivity index (χ3n) is 3.61. The number of carbonyl (C=O) groups is 1. The molecule has 0 radical (unpaired) electrons. The van der Waals surface area contributed by atoms with Gasteiger partial charge in [0.2, 0.25) is 11.7 Å². The molecule has 1 fully saturated rings. The van der Waals surface area contributed by atoms with Gasteiger partial charge in [0.1, 0.15) is 5.60 Å². The lowest BCUT2D eigenvalue weighted by atomic mass is 9.98. The fraction of sp³-hybridized carbons (Fsp3) is 0.562. The van der Waals surface area contributed by atoms with Crippen LogP contribution in [0.4, 0.5) is 4.79 Å².